The van der Waals surface area contributed by atoms with E-state index in [-0.39, 0.29) is 0 Å². The molecular weight excluding hydrogens is 172 g/mol. The highest BCUT2D eigenvalue weighted by Crippen LogP contribution is 2.29. The normalized spacial score (nSPS) is 16.2. The zero-order valence-corrected chi connectivity index (χ0v) is 6.63. The molecule has 0 radical (unpaired) electrons. The van der Waals surface area contributed by atoms with Crippen LogP contribution < -0.4 is 11.2 Å². The van der Waals surface area contributed by atoms with Gasteiger partial charge in [0, 0.05) is 10.5 Å². The number of nitrogens with one attached hydrogen (secondary N) is 1. The van der Waals surface area contributed by atoms with Crippen LogP contribution in [0.1, 0.15) is 0 Å². The Balaban J connectivity index is 2.19. The maximum Gasteiger partial charge on any atom is 0.428 e. The van der Waals surface area contributed by atoms with Crippen LogP contribution in [0.25, 0.3) is 0 Å². The van der Waals surface area contributed by atoms with Crippen molar-refractivity contribution in [3.05, 3.63) is 10.4 Å². The Bertz CT molecular complexity index is 171. The molecule has 0 bridgehead atoms. The van der Waals surface area contributed by atoms with Crippen LogP contribution >= 0.6 is 23.5 Å². The first kappa shape index (κ1) is 7.62. The third-order valence-corrected chi connectivity index (χ3v) is 2.80. The minimum atomic E-state index is -0.821. The highest BCUT2D eigenvalue weighted by molar-refractivity contribution is 8.21. The largest absolute Gasteiger partial charge is 0.428 e. The number of carbonyl (C=O) groups is 1. The van der Waals surface area contributed by atoms with Crippen LogP contribution in [0.3, 0.4) is 0 Å². The molecule has 0 aromatic carbocycles. The first-order chi connectivity index (χ1) is 4.79. The third-order valence-electron chi connectivity index (χ3n) is 0.725. The summed E-state index contributed by atoms with van der Waals surface area (Å²) >= 11 is 3.20. The molecule has 4 nitrogen and oxygen atoms in total. The molecule has 0 fully saturated rings. The molecule has 0 aromatic rings. The van der Waals surface area contributed by atoms with Gasteiger partial charge in [0.05, 0.1) is 0 Å². The monoisotopic (exact) mass is 178 g/mol. The van der Waals surface area contributed by atoms with Gasteiger partial charge in [-0.05, 0) is 0 Å². The van der Waals surface area contributed by atoms with Gasteiger partial charge in [-0.1, -0.05) is 11.8 Å². The van der Waals surface area contributed by atoms with Gasteiger partial charge in [-0.25, -0.2) is 10.3 Å². The molecule has 56 valence electrons. The molecule has 10 heavy (non-hydrogen) atoms. The number of thioether (sulfide) groups is 2. The van der Waals surface area contributed by atoms with E-state index in [2.05, 4.69) is 10.3 Å². The molecule has 1 amide bonds. The Morgan fingerprint density at radius 1 is 1.90 bits per heavy atom. The SMILES string of the molecule is NC(=O)ONC1=CSCS1. The summed E-state index contributed by atoms with van der Waals surface area (Å²) in [6.07, 6.45) is -0.821. The van der Waals surface area contributed by atoms with Crippen molar-refractivity contribution in [2.24, 2.45) is 5.73 Å². The van der Waals surface area contributed by atoms with Gasteiger partial charge in [0.25, 0.3) is 0 Å². The van der Waals surface area contributed by atoms with E-state index in [1.165, 1.54) is 0 Å². The van der Waals surface area contributed by atoms with Crippen LogP contribution in [-0.2, 0) is 4.84 Å². The number of hydrogen-bond acceptors (Lipinski definition) is 5. The zero-order valence-electron chi connectivity index (χ0n) is 4.99. The molecule has 0 atom stereocenters. The number of amides is 1. The Morgan fingerprint density at radius 2 is 2.70 bits per heavy atom. The smallest absolute Gasteiger partial charge is 0.333 e. The average Bonchev–Trinajstić information content (AvgIpc) is 2.34. The van der Waals surface area contributed by atoms with E-state index in [4.69, 9.17) is 5.73 Å². The van der Waals surface area contributed by atoms with Crippen molar-refractivity contribution >= 4 is 29.6 Å². The van der Waals surface area contributed by atoms with Crippen molar-refractivity contribution in [1.82, 2.24) is 5.48 Å². The van der Waals surface area contributed by atoms with Crippen molar-refractivity contribution in [2.45, 2.75) is 0 Å². The van der Waals surface area contributed by atoms with E-state index in [9.17, 15) is 4.79 Å². The first-order valence-electron chi connectivity index (χ1n) is 2.46. The highest BCUT2D eigenvalue weighted by atomic mass is 32.2. The fourth-order valence-corrected chi connectivity index (χ4v) is 2.22. The lowest BCUT2D eigenvalue weighted by atomic mass is 11.0. The number of nitrogens with two attached hydrogens (primary N) is 1. The Hall–Kier alpha value is -0.490. The lowest BCUT2D eigenvalue weighted by Crippen LogP contribution is -2.22. The Kier molecular flexibility index (Phi) is 2.76. The molecule has 0 saturated carbocycles. The second kappa shape index (κ2) is 3.62. The minimum absolute atomic E-state index is 0.821. The van der Waals surface area contributed by atoms with Crippen LogP contribution in [-0.4, -0.2) is 11.2 Å². The highest BCUT2D eigenvalue weighted by Gasteiger charge is 2.05. The molecule has 1 rings (SSSR count). The lowest BCUT2D eigenvalue weighted by Gasteiger charge is -2.01. The number of primary amides is 1. The number of rotatable bonds is 2. The molecule has 0 aromatic heterocycles. The summed E-state index contributed by atoms with van der Waals surface area (Å²) < 4.78 is 0. The van der Waals surface area contributed by atoms with E-state index in [1.807, 2.05) is 5.41 Å². The van der Waals surface area contributed by atoms with Gasteiger partial charge in [0.1, 0.15) is 5.03 Å². The molecule has 6 heteroatoms. The first-order valence-corrected chi connectivity index (χ1v) is 4.49. The summed E-state index contributed by atoms with van der Waals surface area (Å²) in [5.74, 6) is 0. The molecule has 3 N–H and O–H groups in total. The fourth-order valence-electron chi connectivity index (χ4n) is 0.395. The maximum atomic E-state index is 10.1. The minimum Gasteiger partial charge on any atom is -0.333 e. The van der Waals surface area contributed by atoms with Crippen molar-refractivity contribution < 1.29 is 9.63 Å². The topological polar surface area (TPSA) is 64.4 Å². The van der Waals surface area contributed by atoms with E-state index in [0.717, 1.165) is 10.1 Å². The number of carbonyl (C=O) groups excluding carboxylic acids is 1. The van der Waals surface area contributed by atoms with Gasteiger partial charge < -0.3 is 10.6 Å². The van der Waals surface area contributed by atoms with Crippen molar-refractivity contribution in [3.63, 3.8) is 0 Å². The van der Waals surface area contributed by atoms with Crippen LogP contribution in [0.15, 0.2) is 10.4 Å². The predicted molar refractivity (Wildman–Crippen MR) is 41.9 cm³/mol. The Labute approximate surface area is 66.5 Å². The quantitative estimate of drug-likeness (QED) is 0.613. The molecule has 0 unspecified atom stereocenters. The zero-order chi connectivity index (χ0) is 7.40. The fraction of sp³-hybridized carbons (Fsp3) is 0.250. The molecule has 0 aliphatic carbocycles. The maximum absolute atomic E-state index is 10.1. The van der Waals surface area contributed by atoms with Crippen molar-refractivity contribution in [2.75, 3.05) is 5.08 Å². The molecule has 1 aliphatic heterocycles. The van der Waals surface area contributed by atoms with Gasteiger partial charge in [-0.2, -0.15) is 0 Å². The van der Waals surface area contributed by atoms with E-state index in [1.54, 1.807) is 23.5 Å². The van der Waals surface area contributed by atoms with E-state index < -0.39 is 6.09 Å². The van der Waals surface area contributed by atoms with E-state index in [0.29, 0.717) is 0 Å². The average molecular weight is 178 g/mol. The van der Waals surface area contributed by atoms with Gasteiger partial charge in [0.2, 0.25) is 0 Å². The summed E-state index contributed by atoms with van der Waals surface area (Å²) in [5.41, 5.74) is 7.11. The van der Waals surface area contributed by atoms with Gasteiger partial charge in [-0.3, -0.25) is 0 Å². The summed E-state index contributed by atoms with van der Waals surface area (Å²) in [5, 5.41) is 3.64. The summed E-state index contributed by atoms with van der Waals surface area (Å²) in [4.78, 5) is 14.4. The van der Waals surface area contributed by atoms with E-state index >= 15 is 0 Å². The second-order valence-electron chi connectivity index (χ2n) is 1.43. The standard InChI is InChI=1S/C4H6N2O2S2/c5-4(7)8-6-3-1-9-2-10-3/h1,6H,2H2,(H2,5,7). The van der Waals surface area contributed by atoms with Gasteiger partial charge in [0.15, 0.2) is 0 Å². The molecule has 0 saturated heterocycles. The Morgan fingerprint density at radius 3 is 3.20 bits per heavy atom. The summed E-state index contributed by atoms with van der Waals surface area (Å²) in [6.45, 7) is 0. The van der Waals surface area contributed by atoms with Gasteiger partial charge in [-0.15, -0.1) is 11.8 Å². The third kappa shape index (κ3) is 2.40. The van der Waals surface area contributed by atoms with Gasteiger partial charge >= 0.3 is 6.09 Å². The molecule has 1 heterocycles. The van der Waals surface area contributed by atoms with Crippen LogP contribution in [0.4, 0.5) is 4.79 Å². The predicted octanol–water partition coefficient (Wildman–Crippen LogP) is 0.823. The number of hydrogen-bond donors (Lipinski definition) is 2. The second-order valence-corrected chi connectivity index (χ2v) is 3.67. The van der Waals surface area contributed by atoms with Crippen LogP contribution in [0.2, 0.25) is 0 Å². The lowest BCUT2D eigenvalue weighted by molar-refractivity contribution is 0.120. The molecule has 0 spiro atoms. The molecular formula is C4H6N2O2S2. The number of hydroxylamine groups is 1. The summed E-state index contributed by atoms with van der Waals surface area (Å²) in [7, 11) is 0. The van der Waals surface area contributed by atoms with Crippen LogP contribution in [0, 0.1) is 0 Å². The van der Waals surface area contributed by atoms with Crippen LogP contribution in [0.5, 0.6) is 0 Å². The molecule has 1 aliphatic rings. The summed E-state index contributed by atoms with van der Waals surface area (Å²) in [6, 6.07) is 0. The van der Waals surface area contributed by atoms with Crippen molar-refractivity contribution in [1.29, 1.82) is 0 Å². The van der Waals surface area contributed by atoms with Crippen molar-refractivity contribution in [3.8, 4) is 0 Å².